The molecule has 0 aliphatic carbocycles. The molecule has 2 N–H and O–H groups in total. The van der Waals surface area contributed by atoms with Crippen molar-refractivity contribution in [1.82, 2.24) is 15.5 Å². The molecule has 1 aromatic carbocycles. The summed E-state index contributed by atoms with van der Waals surface area (Å²) in [6.07, 6.45) is 0.0186. The lowest BCUT2D eigenvalue weighted by molar-refractivity contribution is 0.197. The average Bonchev–Trinajstić information content (AvgIpc) is 2.35. The van der Waals surface area contributed by atoms with E-state index in [4.69, 9.17) is 4.74 Å². The highest BCUT2D eigenvalue weighted by Crippen LogP contribution is 2.07. The minimum Gasteiger partial charge on any atom is -0.410 e. The van der Waals surface area contributed by atoms with Crippen LogP contribution >= 0.6 is 0 Å². The molecule has 0 radical (unpaired) electrons. The number of urea groups is 1. The van der Waals surface area contributed by atoms with Crippen LogP contribution in [0, 0.1) is 0 Å². The zero-order chi connectivity index (χ0) is 14.1. The first-order valence-corrected chi connectivity index (χ1v) is 6.04. The van der Waals surface area contributed by atoms with Gasteiger partial charge in [-0.05, 0) is 39.2 Å². The van der Waals surface area contributed by atoms with E-state index < -0.39 is 12.1 Å². The van der Waals surface area contributed by atoms with E-state index in [0.717, 1.165) is 13.0 Å². The maximum atomic E-state index is 11.4. The molecule has 0 saturated carbocycles. The lowest BCUT2D eigenvalue weighted by Gasteiger charge is -2.10. The van der Waals surface area contributed by atoms with Crippen LogP contribution in [0.5, 0.6) is 5.75 Å². The van der Waals surface area contributed by atoms with Crippen molar-refractivity contribution in [3.05, 3.63) is 30.3 Å². The molecule has 0 aliphatic rings. The van der Waals surface area contributed by atoms with Crippen LogP contribution in [0.2, 0.25) is 0 Å². The average molecular weight is 265 g/mol. The van der Waals surface area contributed by atoms with E-state index in [1.165, 1.54) is 0 Å². The Morgan fingerprint density at radius 1 is 1.21 bits per heavy atom. The molecule has 0 fully saturated rings. The van der Waals surface area contributed by atoms with E-state index >= 15 is 0 Å². The summed E-state index contributed by atoms with van der Waals surface area (Å²) in [6.45, 7) is 1.37. The van der Waals surface area contributed by atoms with E-state index in [1.54, 1.807) is 24.3 Å². The first-order chi connectivity index (χ1) is 9.08. The van der Waals surface area contributed by atoms with E-state index in [1.807, 2.05) is 25.1 Å². The summed E-state index contributed by atoms with van der Waals surface area (Å²) in [5.41, 5.74) is 0. The van der Waals surface area contributed by atoms with E-state index in [9.17, 15) is 9.59 Å². The molecular weight excluding hydrogens is 246 g/mol. The maximum absolute atomic E-state index is 11.4. The topological polar surface area (TPSA) is 70.7 Å². The van der Waals surface area contributed by atoms with Gasteiger partial charge in [0.25, 0.3) is 0 Å². The molecule has 6 heteroatoms. The summed E-state index contributed by atoms with van der Waals surface area (Å²) in [5, 5.41) is 4.67. The summed E-state index contributed by atoms with van der Waals surface area (Å²) in [7, 11) is 3.91. The monoisotopic (exact) mass is 265 g/mol. The normalized spacial score (nSPS) is 10.1. The fourth-order valence-corrected chi connectivity index (χ4v) is 1.36. The SMILES string of the molecule is CN(C)CCCNC(=O)NC(=O)Oc1ccccc1. The second-order valence-corrected chi connectivity index (χ2v) is 4.24. The smallest absolute Gasteiger partial charge is 0.410 e. The van der Waals surface area contributed by atoms with E-state index in [0.29, 0.717) is 12.3 Å². The third-order valence-electron chi connectivity index (χ3n) is 2.24. The molecule has 0 aromatic heterocycles. The Balaban J connectivity index is 2.19. The molecule has 19 heavy (non-hydrogen) atoms. The summed E-state index contributed by atoms with van der Waals surface area (Å²) < 4.78 is 4.91. The number of imide groups is 1. The van der Waals surface area contributed by atoms with Crippen molar-refractivity contribution in [1.29, 1.82) is 0 Å². The fourth-order valence-electron chi connectivity index (χ4n) is 1.36. The number of hydrogen-bond acceptors (Lipinski definition) is 4. The van der Waals surface area contributed by atoms with Gasteiger partial charge in [0.1, 0.15) is 5.75 Å². The van der Waals surface area contributed by atoms with Gasteiger partial charge in [-0.3, -0.25) is 0 Å². The number of hydrogen-bond donors (Lipinski definition) is 2. The van der Waals surface area contributed by atoms with Crippen LogP contribution in [-0.4, -0.2) is 44.2 Å². The van der Waals surface area contributed by atoms with Gasteiger partial charge in [-0.1, -0.05) is 18.2 Å². The Bertz CT molecular complexity index is 407. The standard InChI is InChI=1S/C13H19N3O3/c1-16(2)10-6-9-14-12(17)15-13(18)19-11-7-4-3-5-8-11/h3-5,7-8H,6,9-10H2,1-2H3,(H2,14,15,17,18). The zero-order valence-electron chi connectivity index (χ0n) is 11.2. The first kappa shape index (κ1) is 15.0. The van der Waals surface area contributed by atoms with Crippen LogP contribution in [0.1, 0.15) is 6.42 Å². The zero-order valence-corrected chi connectivity index (χ0v) is 11.2. The van der Waals surface area contributed by atoms with Crippen LogP contribution in [0.4, 0.5) is 9.59 Å². The Hall–Kier alpha value is -2.08. The number of amides is 3. The number of benzene rings is 1. The summed E-state index contributed by atoms with van der Waals surface area (Å²) in [4.78, 5) is 24.7. The van der Waals surface area contributed by atoms with E-state index in [2.05, 4.69) is 10.6 Å². The molecule has 104 valence electrons. The van der Waals surface area contributed by atoms with Crippen molar-refractivity contribution in [2.24, 2.45) is 0 Å². The van der Waals surface area contributed by atoms with Crippen LogP contribution in [0.15, 0.2) is 30.3 Å². The second-order valence-electron chi connectivity index (χ2n) is 4.24. The molecule has 0 bridgehead atoms. The Labute approximate surface area is 112 Å². The van der Waals surface area contributed by atoms with Crippen LogP contribution < -0.4 is 15.4 Å². The van der Waals surface area contributed by atoms with Gasteiger partial charge >= 0.3 is 12.1 Å². The minimum atomic E-state index is -0.795. The molecule has 0 saturated heterocycles. The number of carbonyl (C=O) groups is 2. The molecular formula is C13H19N3O3. The second kappa shape index (κ2) is 8.10. The van der Waals surface area contributed by atoms with Crippen molar-refractivity contribution in [3.63, 3.8) is 0 Å². The van der Waals surface area contributed by atoms with Gasteiger partial charge in [0, 0.05) is 6.54 Å². The van der Waals surface area contributed by atoms with Crippen molar-refractivity contribution in [2.45, 2.75) is 6.42 Å². The van der Waals surface area contributed by atoms with Gasteiger partial charge in [-0.15, -0.1) is 0 Å². The van der Waals surface area contributed by atoms with Crippen molar-refractivity contribution < 1.29 is 14.3 Å². The summed E-state index contributed by atoms with van der Waals surface area (Å²) >= 11 is 0. The summed E-state index contributed by atoms with van der Waals surface area (Å²) in [6, 6.07) is 8.00. The van der Waals surface area contributed by atoms with Gasteiger partial charge in [0.05, 0.1) is 0 Å². The van der Waals surface area contributed by atoms with Crippen molar-refractivity contribution in [3.8, 4) is 5.75 Å². The van der Waals surface area contributed by atoms with Crippen LogP contribution in [0.3, 0.4) is 0 Å². The number of ether oxygens (including phenoxy) is 1. The number of nitrogens with zero attached hydrogens (tertiary/aromatic N) is 1. The van der Waals surface area contributed by atoms with Crippen LogP contribution in [0.25, 0.3) is 0 Å². The number of para-hydroxylation sites is 1. The maximum Gasteiger partial charge on any atom is 0.420 e. The molecule has 1 rings (SSSR count). The molecule has 3 amide bonds. The molecule has 6 nitrogen and oxygen atoms in total. The number of rotatable bonds is 5. The fraction of sp³-hybridized carbons (Fsp3) is 0.385. The Morgan fingerprint density at radius 3 is 2.53 bits per heavy atom. The Kier molecular flexibility index (Phi) is 6.38. The van der Waals surface area contributed by atoms with Gasteiger partial charge < -0.3 is 15.0 Å². The number of nitrogens with one attached hydrogen (secondary N) is 2. The van der Waals surface area contributed by atoms with Gasteiger partial charge in [0.2, 0.25) is 0 Å². The highest BCUT2D eigenvalue weighted by Gasteiger charge is 2.08. The molecule has 0 heterocycles. The van der Waals surface area contributed by atoms with Gasteiger partial charge in [0.15, 0.2) is 0 Å². The third kappa shape index (κ3) is 7.05. The molecule has 1 aromatic rings. The lowest BCUT2D eigenvalue weighted by Crippen LogP contribution is -2.41. The van der Waals surface area contributed by atoms with Gasteiger partial charge in [-0.2, -0.15) is 0 Å². The number of carbonyl (C=O) groups excluding carboxylic acids is 2. The minimum absolute atomic E-state index is 0.389. The third-order valence-corrected chi connectivity index (χ3v) is 2.24. The molecule has 0 spiro atoms. The first-order valence-electron chi connectivity index (χ1n) is 6.04. The molecule has 0 unspecified atom stereocenters. The van der Waals surface area contributed by atoms with E-state index in [-0.39, 0.29) is 0 Å². The quantitative estimate of drug-likeness (QED) is 0.790. The van der Waals surface area contributed by atoms with Crippen LogP contribution in [-0.2, 0) is 0 Å². The summed E-state index contributed by atoms with van der Waals surface area (Å²) in [5.74, 6) is 0.389. The van der Waals surface area contributed by atoms with Crippen molar-refractivity contribution in [2.75, 3.05) is 27.2 Å². The lowest BCUT2D eigenvalue weighted by atomic mass is 10.3. The highest BCUT2D eigenvalue weighted by atomic mass is 16.6. The predicted octanol–water partition coefficient (Wildman–Crippen LogP) is 1.44. The molecule has 0 aliphatic heterocycles. The predicted molar refractivity (Wildman–Crippen MR) is 72.2 cm³/mol. The largest absolute Gasteiger partial charge is 0.420 e. The highest BCUT2D eigenvalue weighted by molar-refractivity contribution is 5.91. The Morgan fingerprint density at radius 2 is 1.89 bits per heavy atom. The van der Waals surface area contributed by atoms with Gasteiger partial charge in [-0.25, -0.2) is 14.9 Å². The van der Waals surface area contributed by atoms with Crippen molar-refractivity contribution >= 4 is 12.1 Å². The molecule has 0 atom stereocenters.